The third kappa shape index (κ3) is 2.64. The van der Waals surface area contributed by atoms with Gasteiger partial charge in [-0.2, -0.15) is 0 Å². The molecule has 112 valence electrons. The molecule has 1 amide bonds. The molecule has 0 radical (unpaired) electrons. The fraction of sp³-hybridized carbons (Fsp3) is 0.500. The number of amides is 1. The summed E-state index contributed by atoms with van der Waals surface area (Å²) in [6, 6.07) is 4.42. The monoisotopic (exact) mass is 291 g/mol. The number of carbonyl (C=O) groups is 2. The molecule has 5 heteroatoms. The van der Waals surface area contributed by atoms with Gasteiger partial charge < -0.3 is 10.0 Å². The number of carboxylic acids is 1. The third-order valence-electron chi connectivity index (χ3n) is 4.55. The molecule has 1 N–H and O–H groups in total. The van der Waals surface area contributed by atoms with Crippen LogP contribution in [-0.4, -0.2) is 35.0 Å². The minimum atomic E-state index is -0.855. The van der Waals surface area contributed by atoms with Crippen LogP contribution in [0.4, 0.5) is 4.39 Å². The van der Waals surface area contributed by atoms with E-state index in [1.165, 1.54) is 17.0 Å². The van der Waals surface area contributed by atoms with E-state index in [-0.39, 0.29) is 18.0 Å². The summed E-state index contributed by atoms with van der Waals surface area (Å²) in [5, 5.41) is 9.32. The Morgan fingerprint density at radius 3 is 2.62 bits per heavy atom. The van der Waals surface area contributed by atoms with E-state index in [1.807, 2.05) is 0 Å². The zero-order valence-corrected chi connectivity index (χ0v) is 11.9. The van der Waals surface area contributed by atoms with Crippen LogP contribution in [0.1, 0.15) is 28.8 Å². The van der Waals surface area contributed by atoms with E-state index < -0.39 is 23.6 Å². The second-order valence-corrected chi connectivity index (χ2v) is 6.14. The minimum Gasteiger partial charge on any atom is -0.481 e. The first-order valence-electron chi connectivity index (χ1n) is 7.25. The lowest BCUT2D eigenvalue weighted by Gasteiger charge is -2.17. The molecule has 3 rings (SSSR count). The summed E-state index contributed by atoms with van der Waals surface area (Å²) in [5.41, 5.74) is 0.850. The Labute approximate surface area is 122 Å². The molecule has 1 aromatic rings. The molecular weight excluding hydrogens is 273 g/mol. The Kier molecular flexibility index (Phi) is 3.43. The van der Waals surface area contributed by atoms with Crippen LogP contribution < -0.4 is 0 Å². The molecule has 1 aliphatic carbocycles. The normalized spacial score (nSPS) is 25.1. The summed E-state index contributed by atoms with van der Waals surface area (Å²) in [7, 11) is 0. The number of carboxylic acid groups (broad SMARTS) is 1. The second-order valence-electron chi connectivity index (χ2n) is 6.14. The van der Waals surface area contributed by atoms with Crippen molar-refractivity contribution < 1.29 is 19.1 Å². The van der Waals surface area contributed by atoms with Crippen molar-refractivity contribution in [3.05, 3.63) is 35.1 Å². The van der Waals surface area contributed by atoms with E-state index in [2.05, 4.69) is 0 Å². The van der Waals surface area contributed by atoms with Gasteiger partial charge in [0.2, 0.25) is 0 Å². The fourth-order valence-corrected chi connectivity index (χ4v) is 3.23. The van der Waals surface area contributed by atoms with Gasteiger partial charge in [-0.15, -0.1) is 0 Å². The van der Waals surface area contributed by atoms with E-state index in [1.54, 1.807) is 13.0 Å². The van der Waals surface area contributed by atoms with Crippen LogP contribution in [0, 0.1) is 30.5 Å². The molecule has 2 atom stereocenters. The van der Waals surface area contributed by atoms with Gasteiger partial charge >= 0.3 is 5.97 Å². The first kappa shape index (κ1) is 14.0. The minimum absolute atomic E-state index is 0.0133. The van der Waals surface area contributed by atoms with Crippen LogP contribution in [-0.2, 0) is 4.79 Å². The molecule has 1 aliphatic heterocycles. The maximum absolute atomic E-state index is 13.8. The second kappa shape index (κ2) is 5.13. The quantitative estimate of drug-likeness (QED) is 0.929. The molecule has 1 aromatic carbocycles. The molecule has 1 heterocycles. The number of aliphatic carboxylic acids is 1. The molecule has 1 saturated carbocycles. The maximum Gasteiger partial charge on any atom is 0.308 e. The Balaban J connectivity index is 1.82. The van der Waals surface area contributed by atoms with Gasteiger partial charge in [0.1, 0.15) is 5.82 Å². The molecule has 1 saturated heterocycles. The van der Waals surface area contributed by atoms with Gasteiger partial charge in [0.05, 0.1) is 11.5 Å². The first-order valence-corrected chi connectivity index (χ1v) is 7.25. The van der Waals surface area contributed by atoms with Crippen molar-refractivity contribution in [2.75, 3.05) is 13.1 Å². The van der Waals surface area contributed by atoms with Crippen molar-refractivity contribution in [1.82, 2.24) is 4.90 Å². The highest BCUT2D eigenvalue weighted by atomic mass is 19.1. The van der Waals surface area contributed by atoms with E-state index in [9.17, 15) is 19.1 Å². The van der Waals surface area contributed by atoms with Crippen molar-refractivity contribution in [1.29, 1.82) is 0 Å². The Bertz CT molecular complexity index is 597. The number of aryl methyl sites for hydroxylation is 1. The maximum atomic E-state index is 13.8. The fourth-order valence-electron chi connectivity index (χ4n) is 3.23. The van der Waals surface area contributed by atoms with Crippen LogP contribution in [0.25, 0.3) is 0 Å². The number of nitrogens with zero attached hydrogens (tertiary/aromatic N) is 1. The zero-order valence-electron chi connectivity index (χ0n) is 11.9. The Morgan fingerprint density at radius 2 is 2.00 bits per heavy atom. The van der Waals surface area contributed by atoms with Crippen molar-refractivity contribution in [3.63, 3.8) is 0 Å². The highest BCUT2D eigenvalue weighted by molar-refractivity contribution is 5.95. The van der Waals surface area contributed by atoms with Crippen molar-refractivity contribution in [2.45, 2.75) is 19.8 Å². The number of halogens is 1. The van der Waals surface area contributed by atoms with Crippen LogP contribution in [0.3, 0.4) is 0 Å². The Morgan fingerprint density at radius 1 is 1.29 bits per heavy atom. The van der Waals surface area contributed by atoms with E-state index in [0.717, 1.165) is 18.4 Å². The third-order valence-corrected chi connectivity index (χ3v) is 4.55. The topological polar surface area (TPSA) is 57.6 Å². The van der Waals surface area contributed by atoms with Gasteiger partial charge in [-0.3, -0.25) is 9.59 Å². The number of carbonyl (C=O) groups excluding carboxylic acids is 1. The lowest BCUT2D eigenvalue weighted by atomic mass is 9.92. The molecule has 0 unspecified atom stereocenters. The lowest BCUT2D eigenvalue weighted by molar-refractivity contribution is -0.142. The summed E-state index contributed by atoms with van der Waals surface area (Å²) >= 11 is 0. The van der Waals surface area contributed by atoms with Gasteiger partial charge in [-0.05, 0) is 43.7 Å². The lowest BCUT2D eigenvalue weighted by Crippen LogP contribution is -2.30. The molecule has 0 aromatic heterocycles. The van der Waals surface area contributed by atoms with E-state index in [4.69, 9.17) is 0 Å². The highest BCUT2D eigenvalue weighted by Crippen LogP contribution is 2.44. The number of hydrogen-bond acceptors (Lipinski definition) is 2. The Hall–Kier alpha value is -1.91. The zero-order chi connectivity index (χ0) is 15.1. The molecule has 2 aliphatic rings. The number of hydrogen-bond donors (Lipinski definition) is 1. The highest BCUT2D eigenvalue weighted by Gasteiger charge is 2.47. The van der Waals surface area contributed by atoms with Gasteiger partial charge in [-0.1, -0.05) is 11.6 Å². The van der Waals surface area contributed by atoms with Gasteiger partial charge in [0.15, 0.2) is 0 Å². The molecular formula is C16H18FNO3. The van der Waals surface area contributed by atoms with Crippen molar-refractivity contribution in [3.8, 4) is 0 Å². The molecule has 21 heavy (non-hydrogen) atoms. The largest absolute Gasteiger partial charge is 0.481 e. The predicted octanol–water partition coefficient (Wildman–Crippen LogP) is 2.32. The molecule has 4 nitrogen and oxygen atoms in total. The molecule has 2 fully saturated rings. The number of benzene rings is 1. The summed E-state index contributed by atoms with van der Waals surface area (Å²) in [5.74, 6) is -1.90. The van der Waals surface area contributed by atoms with Crippen LogP contribution in [0.5, 0.6) is 0 Å². The van der Waals surface area contributed by atoms with Crippen molar-refractivity contribution >= 4 is 11.9 Å². The van der Waals surface area contributed by atoms with E-state index >= 15 is 0 Å². The average molecular weight is 291 g/mol. The first-order chi connectivity index (χ1) is 9.97. The van der Waals surface area contributed by atoms with Crippen LogP contribution in [0.2, 0.25) is 0 Å². The summed E-state index contributed by atoms with van der Waals surface area (Å²) in [4.78, 5) is 25.3. The summed E-state index contributed by atoms with van der Waals surface area (Å²) < 4.78 is 13.8. The van der Waals surface area contributed by atoms with Crippen molar-refractivity contribution in [2.24, 2.45) is 17.8 Å². The van der Waals surface area contributed by atoms with Gasteiger partial charge in [0.25, 0.3) is 5.91 Å². The van der Waals surface area contributed by atoms with Crippen LogP contribution in [0.15, 0.2) is 18.2 Å². The SMILES string of the molecule is Cc1ccc(F)c(C(=O)N2C[C@H](C(=O)O)[C@@H](C3CC3)C2)c1. The summed E-state index contributed by atoms with van der Waals surface area (Å²) in [6.45, 7) is 2.41. The summed E-state index contributed by atoms with van der Waals surface area (Å²) in [6.07, 6.45) is 2.07. The molecule has 0 spiro atoms. The number of likely N-dealkylation sites (tertiary alicyclic amines) is 1. The van der Waals surface area contributed by atoms with Gasteiger partial charge in [0, 0.05) is 13.1 Å². The number of rotatable bonds is 3. The van der Waals surface area contributed by atoms with Crippen LogP contribution >= 0.6 is 0 Å². The van der Waals surface area contributed by atoms with E-state index in [0.29, 0.717) is 12.5 Å². The standard InChI is InChI=1S/C16H18FNO3/c1-9-2-5-14(17)11(6-9)15(19)18-7-12(10-3-4-10)13(8-18)16(20)21/h2,5-6,10,12-13H,3-4,7-8H2,1H3,(H,20,21)/t12-,13+/m1/s1. The average Bonchev–Trinajstić information content (AvgIpc) is 3.19. The predicted molar refractivity (Wildman–Crippen MR) is 74.4 cm³/mol. The van der Waals surface area contributed by atoms with Gasteiger partial charge in [-0.25, -0.2) is 4.39 Å². The smallest absolute Gasteiger partial charge is 0.308 e. The molecule has 0 bridgehead atoms.